The molecule has 0 aromatic heterocycles. The SMILES string of the molecule is [CH2-]OCC. The Morgan fingerprint density at radius 3 is 2.25 bits per heavy atom. The summed E-state index contributed by atoms with van der Waals surface area (Å²) in [6, 6.07) is 0. The van der Waals surface area contributed by atoms with Gasteiger partial charge in [-0.2, -0.15) is 0 Å². The van der Waals surface area contributed by atoms with Gasteiger partial charge in [-0.25, -0.2) is 7.11 Å². The Bertz CT molecular complexity index is 5.25. The van der Waals surface area contributed by atoms with Crippen molar-refractivity contribution in [1.29, 1.82) is 0 Å². The minimum atomic E-state index is 0.708. The minimum Gasteiger partial charge on any atom is -0.555 e. The molecule has 0 bridgehead atoms. The van der Waals surface area contributed by atoms with E-state index in [1.165, 1.54) is 0 Å². The van der Waals surface area contributed by atoms with Gasteiger partial charge >= 0.3 is 0 Å². The average Bonchev–Trinajstić information content (AvgIpc) is 1.37. The Morgan fingerprint density at radius 2 is 2.25 bits per heavy atom. The van der Waals surface area contributed by atoms with Gasteiger partial charge in [0.1, 0.15) is 0 Å². The van der Waals surface area contributed by atoms with Crippen molar-refractivity contribution in [2.75, 3.05) is 6.61 Å². The summed E-state index contributed by atoms with van der Waals surface area (Å²) in [6.07, 6.45) is 0. The first kappa shape index (κ1) is 3.96. The van der Waals surface area contributed by atoms with Crippen molar-refractivity contribution in [3.8, 4) is 0 Å². The van der Waals surface area contributed by atoms with Crippen molar-refractivity contribution in [2.24, 2.45) is 0 Å². The van der Waals surface area contributed by atoms with Crippen LogP contribution in [0.3, 0.4) is 0 Å². The molecule has 0 radical (unpaired) electrons. The molecule has 0 heterocycles. The molecule has 0 rings (SSSR count). The molecule has 0 atom stereocenters. The second-order valence-corrected chi connectivity index (χ2v) is 0.493. The van der Waals surface area contributed by atoms with E-state index in [0.717, 1.165) is 0 Å². The van der Waals surface area contributed by atoms with E-state index in [0.29, 0.717) is 6.61 Å². The van der Waals surface area contributed by atoms with Gasteiger partial charge < -0.3 is 4.74 Å². The maximum atomic E-state index is 4.29. The van der Waals surface area contributed by atoms with Crippen molar-refractivity contribution in [3.05, 3.63) is 7.11 Å². The summed E-state index contributed by atoms with van der Waals surface area (Å²) >= 11 is 0. The third-order valence-corrected chi connectivity index (χ3v) is 0.204. The summed E-state index contributed by atoms with van der Waals surface area (Å²) in [6.45, 7) is 2.60. The van der Waals surface area contributed by atoms with Crippen LogP contribution in [0.1, 0.15) is 6.92 Å². The molecule has 0 fully saturated rings. The van der Waals surface area contributed by atoms with Gasteiger partial charge in [0.15, 0.2) is 0 Å². The summed E-state index contributed by atoms with van der Waals surface area (Å²) < 4.78 is 4.29. The number of hydrogen-bond acceptors (Lipinski definition) is 1. The lowest BCUT2D eigenvalue weighted by Gasteiger charge is -1.89. The van der Waals surface area contributed by atoms with Crippen LogP contribution >= 0.6 is 0 Å². The van der Waals surface area contributed by atoms with Crippen LogP contribution in [0.5, 0.6) is 0 Å². The first-order valence-corrected chi connectivity index (χ1v) is 1.28. The predicted molar refractivity (Wildman–Crippen MR) is 17.0 cm³/mol. The van der Waals surface area contributed by atoms with Crippen molar-refractivity contribution in [1.82, 2.24) is 0 Å². The minimum absolute atomic E-state index is 0.708. The largest absolute Gasteiger partial charge is 0.555 e. The van der Waals surface area contributed by atoms with Crippen LogP contribution in [0, 0.1) is 7.11 Å². The molecule has 1 heteroatoms. The number of hydrogen-bond donors (Lipinski definition) is 0. The Labute approximate surface area is 26.6 Å². The van der Waals surface area contributed by atoms with Gasteiger partial charge in [-0.1, -0.05) is 0 Å². The second-order valence-electron chi connectivity index (χ2n) is 0.493. The number of ether oxygens (including phenoxy) is 1. The molecule has 0 spiro atoms. The van der Waals surface area contributed by atoms with Crippen LogP contribution in [0.2, 0.25) is 0 Å². The van der Waals surface area contributed by atoms with Crippen LogP contribution in [0.15, 0.2) is 0 Å². The molecule has 0 aromatic rings. The molecule has 0 saturated carbocycles. The smallest absolute Gasteiger partial charge is 0.00804 e. The summed E-state index contributed by atoms with van der Waals surface area (Å²) in [4.78, 5) is 0. The van der Waals surface area contributed by atoms with Gasteiger partial charge in [0.05, 0.1) is 0 Å². The lowest BCUT2D eigenvalue weighted by Crippen LogP contribution is -1.69. The van der Waals surface area contributed by atoms with Crippen molar-refractivity contribution in [2.45, 2.75) is 6.92 Å². The van der Waals surface area contributed by atoms with E-state index in [9.17, 15) is 0 Å². The second kappa shape index (κ2) is 2.96. The van der Waals surface area contributed by atoms with E-state index in [1.54, 1.807) is 0 Å². The quantitative estimate of drug-likeness (QED) is 0.406. The van der Waals surface area contributed by atoms with Crippen LogP contribution in [-0.4, -0.2) is 6.61 Å². The van der Waals surface area contributed by atoms with Gasteiger partial charge in [-0.05, 0) is 6.92 Å². The van der Waals surface area contributed by atoms with Crippen LogP contribution < -0.4 is 0 Å². The Kier molecular flexibility index (Phi) is 2.93. The Morgan fingerprint density at radius 1 is 2.00 bits per heavy atom. The molecule has 0 unspecified atom stereocenters. The summed E-state index contributed by atoms with van der Waals surface area (Å²) in [5.41, 5.74) is 0. The van der Waals surface area contributed by atoms with Crippen LogP contribution in [0.25, 0.3) is 0 Å². The molecule has 0 aromatic carbocycles. The highest BCUT2D eigenvalue weighted by Crippen LogP contribution is 1.56. The van der Waals surface area contributed by atoms with E-state index in [2.05, 4.69) is 11.8 Å². The van der Waals surface area contributed by atoms with E-state index in [-0.39, 0.29) is 0 Å². The molecule has 4 heavy (non-hydrogen) atoms. The van der Waals surface area contributed by atoms with Crippen molar-refractivity contribution in [3.63, 3.8) is 0 Å². The lowest BCUT2D eigenvalue weighted by molar-refractivity contribution is 0.261. The highest BCUT2D eigenvalue weighted by Gasteiger charge is 1.42. The normalized spacial score (nSPS) is 7.50. The zero-order valence-electron chi connectivity index (χ0n) is 2.82. The van der Waals surface area contributed by atoms with Gasteiger partial charge in [-0.3, -0.25) is 0 Å². The maximum absolute atomic E-state index is 4.29. The predicted octanol–water partition coefficient (Wildman–Crippen LogP) is 0.814. The fourth-order valence-corrected chi connectivity index (χ4v) is 0. The molecule has 1 nitrogen and oxygen atoms in total. The van der Waals surface area contributed by atoms with Crippen molar-refractivity contribution < 1.29 is 4.74 Å². The molecular formula is C3H7O-. The number of rotatable bonds is 1. The molecule has 0 amide bonds. The standard InChI is InChI=1S/C3H7O/c1-3-4-2/h2-3H2,1H3/q-1. The summed E-state index contributed by atoms with van der Waals surface area (Å²) in [5, 5.41) is 0. The maximum Gasteiger partial charge on any atom is 0.00804 e. The molecule has 0 aliphatic rings. The third-order valence-electron chi connectivity index (χ3n) is 0.204. The molecule has 0 saturated heterocycles. The fourth-order valence-electron chi connectivity index (χ4n) is 0. The summed E-state index contributed by atoms with van der Waals surface area (Å²) in [7, 11) is 3.10. The van der Waals surface area contributed by atoms with E-state index in [4.69, 9.17) is 0 Å². The molecular weight excluding hydrogens is 52.0 g/mol. The Hall–Kier alpha value is -0.0400. The molecule has 0 aliphatic carbocycles. The lowest BCUT2D eigenvalue weighted by atomic mass is 10.9. The zero-order chi connectivity index (χ0) is 3.41. The third kappa shape index (κ3) is 1.96. The molecule has 0 aliphatic heterocycles. The van der Waals surface area contributed by atoms with Gasteiger partial charge in [0.25, 0.3) is 0 Å². The first-order valence-electron chi connectivity index (χ1n) is 1.28. The highest BCUT2D eigenvalue weighted by atomic mass is 16.5. The fraction of sp³-hybridized carbons (Fsp3) is 0.667. The Balaban J connectivity index is 1.97. The average molecular weight is 59.1 g/mol. The zero-order valence-corrected chi connectivity index (χ0v) is 2.82. The first-order chi connectivity index (χ1) is 1.91. The van der Waals surface area contributed by atoms with Crippen LogP contribution in [0.4, 0.5) is 0 Å². The van der Waals surface area contributed by atoms with Gasteiger partial charge in [-0.15, -0.1) is 0 Å². The van der Waals surface area contributed by atoms with E-state index >= 15 is 0 Å². The highest BCUT2D eigenvalue weighted by molar-refractivity contribution is 4.02. The molecule has 0 N–H and O–H groups in total. The summed E-state index contributed by atoms with van der Waals surface area (Å²) in [5.74, 6) is 0. The van der Waals surface area contributed by atoms with Gasteiger partial charge in [0, 0.05) is 6.61 Å². The van der Waals surface area contributed by atoms with Gasteiger partial charge in [0.2, 0.25) is 0 Å². The van der Waals surface area contributed by atoms with Crippen LogP contribution in [-0.2, 0) is 4.74 Å². The van der Waals surface area contributed by atoms with E-state index in [1.807, 2.05) is 6.92 Å². The monoisotopic (exact) mass is 59.1 g/mol. The molecule has 26 valence electrons. The van der Waals surface area contributed by atoms with Crippen molar-refractivity contribution >= 4 is 0 Å². The topological polar surface area (TPSA) is 9.23 Å². The van der Waals surface area contributed by atoms with E-state index < -0.39 is 0 Å².